The Morgan fingerprint density at radius 2 is 2.19 bits per heavy atom. The third-order valence-electron chi connectivity index (χ3n) is 2.66. The number of rotatable bonds is 3. The fourth-order valence-electron chi connectivity index (χ4n) is 1.55. The van der Waals surface area contributed by atoms with Crippen molar-refractivity contribution in [3.8, 4) is 0 Å². The lowest BCUT2D eigenvalue weighted by molar-refractivity contribution is -0.156. The summed E-state index contributed by atoms with van der Waals surface area (Å²) in [6, 6.07) is -0.136. The number of carbonyl (C=O) groups is 1. The predicted molar refractivity (Wildman–Crippen MR) is 68.5 cm³/mol. The second-order valence-corrected chi connectivity index (χ2v) is 6.57. The molecule has 1 fully saturated rings. The molecule has 0 bridgehead atoms. The van der Waals surface area contributed by atoms with Crippen LogP contribution in [0.25, 0.3) is 0 Å². The van der Waals surface area contributed by atoms with Crippen molar-refractivity contribution in [2.75, 3.05) is 5.75 Å². The van der Waals surface area contributed by atoms with E-state index in [0.29, 0.717) is 11.3 Å². The number of carbonyl (C=O) groups excluding carboxylic acids is 1. The molecule has 1 heterocycles. The molecule has 0 amide bonds. The highest BCUT2D eigenvalue weighted by Gasteiger charge is 2.34. The molecule has 1 N–H and O–H groups in total. The van der Waals surface area contributed by atoms with E-state index in [4.69, 9.17) is 4.74 Å². The Bertz CT molecular complexity index is 250. The van der Waals surface area contributed by atoms with Gasteiger partial charge < -0.3 is 4.74 Å². The van der Waals surface area contributed by atoms with Gasteiger partial charge in [0, 0.05) is 5.75 Å². The highest BCUT2D eigenvalue weighted by atomic mass is 32.2. The minimum absolute atomic E-state index is 0.120. The maximum Gasteiger partial charge on any atom is 0.324 e. The lowest BCUT2D eigenvalue weighted by Crippen LogP contribution is -2.42. The van der Waals surface area contributed by atoms with Crippen LogP contribution in [0.4, 0.5) is 0 Å². The maximum atomic E-state index is 11.8. The number of hydrogen-bond donors (Lipinski definition) is 1. The van der Waals surface area contributed by atoms with Crippen molar-refractivity contribution in [3.63, 3.8) is 0 Å². The van der Waals surface area contributed by atoms with Gasteiger partial charge in [0.2, 0.25) is 0 Å². The molecule has 94 valence electrons. The van der Waals surface area contributed by atoms with Crippen LogP contribution in [0.2, 0.25) is 0 Å². The van der Waals surface area contributed by atoms with Crippen molar-refractivity contribution in [2.24, 2.45) is 5.92 Å². The van der Waals surface area contributed by atoms with E-state index in [-0.39, 0.29) is 12.0 Å². The second-order valence-electron chi connectivity index (χ2n) is 5.39. The van der Waals surface area contributed by atoms with Crippen LogP contribution in [-0.2, 0) is 9.53 Å². The van der Waals surface area contributed by atoms with Gasteiger partial charge in [-0.3, -0.25) is 10.1 Å². The number of nitrogens with one attached hydrogen (secondary N) is 1. The van der Waals surface area contributed by atoms with Gasteiger partial charge in [-0.1, -0.05) is 20.3 Å². The Hall–Kier alpha value is -0.220. The van der Waals surface area contributed by atoms with Crippen molar-refractivity contribution in [3.05, 3.63) is 0 Å². The fourth-order valence-corrected chi connectivity index (χ4v) is 2.96. The van der Waals surface area contributed by atoms with Crippen LogP contribution >= 0.6 is 11.8 Å². The van der Waals surface area contributed by atoms with Crippen LogP contribution in [0.5, 0.6) is 0 Å². The summed E-state index contributed by atoms with van der Waals surface area (Å²) in [5.41, 5.74) is -0.391. The molecule has 1 aliphatic rings. The molecule has 1 saturated heterocycles. The number of esters is 1. The van der Waals surface area contributed by atoms with E-state index in [1.807, 2.05) is 32.5 Å². The van der Waals surface area contributed by atoms with Crippen molar-refractivity contribution in [1.29, 1.82) is 0 Å². The van der Waals surface area contributed by atoms with Crippen LogP contribution in [-0.4, -0.2) is 28.7 Å². The highest BCUT2D eigenvalue weighted by Crippen LogP contribution is 2.27. The summed E-state index contributed by atoms with van der Waals surface area (Å²) in [5.74, 6) is 1.30. The van der Waals surface area contributed by atoms with Crippen LogP contribution in [0.3, 0.4) is 0 Å². The fraction of sp³-hybridized carbons (Fsp3) is 0.917. The minimum atomic E-state index is -0.391. The molecule has 0 aliphatic carbocycles. The minimum Gasteiger partial charge on any atom is -0.459 e. The van der Waals surface area contributed by atoms with Gasteiger partial charge in [-0.25, -0.2) is 0 Å². The van der Waals surface area contributed by atoms with Crippen LogP contribution in [0.1, 0.15) is 41.0 Å². The summed E-state index contributed by atoms with van der Waals surface area (Å²) in [6.07, 6.45) is 1.13. The van der Waals surface area contributed by atoms with Crippen molar-refractivity contribution >= 4 is 17.7 Å². The van der Waals surface area contributed by atoms with E-state index in [0.717, 1.165) is 12.2 Å². The molecule has 0 saturated carbocycles. The van der Waals surface area contributed by atoms with E-state index < -0.39 is 5.60 Å². The molecule has 2 unspecified atom stereocenters. The molecule has 16 heavy (non-hydrogen) atoms. The normalized spacial score (nSPS) is 27.8. The number of thioether (sulfide) groups is 1. The van der Waals surface area contributed by atoms with E-state index >= 15 is 0 Å². The van der Waals surface area contributed by atoms with Gasteiger partial charge >= 0.3 is 5.97 Å². The zero-order chi connectivity index (χ0) is 12.3. The lowest BCUT2D eigenvalue weighted by Gasteiger charge is -2.23. The Labute approximate surface area is 103 Å². The largest absolute Gasteiger partial charge is 0.459 e. The van der Waals surface area contributed by atoms with E-state index in [2.05, 4.69) is 19.2 Å². The molecule has 0 aromatic rings. The molecule has 0 aromatic carbocycles. The zero-order valence-electron chi connectivity index (χ0n) is 10.9. The monoisotopic (exact) mass is 245 g/mol. The molecule has 0 spiro atoms. The van der Waals surface area contributed by atoms with Gasteiger partial charge in [-0.15, -0.1) is 11.8 Å². The quantitative estimate of drug-likeness (QED) is 0.775. The molecule has 1 rings (SSSR count). The first-order valence-electron chi connectivity index (χ1n) is 5.94. The van der Waals surface area contributed by atoms with Crippen LogP contribution in [0.15, 0.2) is 0 Å². The average molecular weight is 245 g/mol. The standard InChI is InChI=1S/C12H23NO2S/c1-6-8(2)10-13-9(7-16-10)11(14)15-12(3,4)5/h8-10,13H,6-7H2,1-5H3/t8?,9-,10?/m0/s1. The maximum absolute atomic E-state index is 11.8. The number of ether oxygens (including phenoxy) is 1. The molecule has 3 nitrogen and oxygen atoms in total. The number of hydrogen-bond acceptors (Lipinski definition) is 4. The molecule has 3 atom stereocenters. The molecule has 1 aliphatic heterocycles. The molecular weight excluding hydrogens is 222 g/mol. The lowest BCUT2D eigenvalue weighted by atomic mass is 10.1. The van der Waals surface area contributed by atoms with Crippen molar-refractivity contribution < 1.29 is 9.53 Å². The summed E-state index contributed by atoms with van der Waals surface area (Å²) in [7, 11) is 0. The smallest absolute Gasteiger partial charge is 0.324 e. The van der Waals surface area contributed by atoms with Crippen molar-refractivity contribution in [2.45, 2.75) is 58.1 Å². The van der Waals surface area contributed by atoms with Gasteiger partial charge in [-0.05, 0) is 26.7 Å². The molecule has 0 radical (unpaired) electrons. The Kier molecular flexibility index (Phi) is 4.68. The van der Waals surface area contributed by atoms with Gasteiger partial charge in [0.15, 0.2) is 0 Å². The van der Waals surface area contributed by atoms with Gasteiger partial charge in [0.1, 0.15) is 11.6 Å². The topological polar surface area (TPSA) is 38.3 Å². The molecule has 0 aromatic heterocycles. The SMILES string of the molecule is CCC(C)C1N[C@H](C(=O)OC(C)(C)C)CS1. The summed E-state index contributed by atoms with van der Waals surface area (Å²) in [6.45, 7) is 10.1. The molecular formula is C12H23NO2S. The van der Waals surface area contributed by atoms with E-state index in [9.17, 15) is 4.79 Å². The third-order valence-corrected chi connectivity index (χ3v) is 4.15. The predicted octanol–water partition coefficient (Wildman–Crippen LogP) is 2.41. The first kappa shape index (κ1) is 13.8. The van der Waals surface area contributed by atoms with Gasteiger partial charge in [-0.2, -0.15) is 0 Å². The average Bonchev–Trinajstić information content (AvgIpc) is 2.62. The first-order chi connectivity index (χ1) is 7.33. The molecule has 4 heteroatoms. The Morgan fingerprint density at radius 1 is 1.56 bits per heavy atom. The summed E-state index contributed by atoms with van der Waals surface area (Å²) in [4.78, 5) is 11.8. The van der Waals surface area contributed by atoms with E-state index in [1.54, 1.807) is 0 Å². The first-order valence-corrected chi connectivity index (χ1v) is 6.99. The Morgan fingerprint density at radius 3 is 2.69 bits per heavy atom. The summed E-state index contributed by atoms with van der Waals surface area (Å²) in [5, 5.41) is 3.74. The van der Waals surface area contributed by atoms with Gasteiger partial charge in [0.05, 0.1) is 5.37 Å². The van der Waals surface area contributed by atoms with Crippen LogP contribution < -0.4 is 5.32 Å². The third kappa shape index (κ3) is 3.98. The summed E-state index contributed by atoms with van der Waals surface area (Å²) >= 11 is 1.83. The van der Waals surface area contributed by atoms with Crippen LogP contribution in [0, 0.1) is 5.92 Å². The Balaban J connectivity index is 2.44. The zero-order valence-corrected chi connectivity index (χ0v) is 11.7. The van der Waals surface area contributed by atoms with Crippen molar-refractivity contribution in [1.82, 2.24) is 5.32 Å². The summed E-state index contributed by atoms with van der Waals surface area (Å²) < 4.78 is 5.37. The highest BCUT2D eigenvalue weighted by molar-refractivity contribution is 8.00. The van der Waals surface area contributed by atoms with Gasteiger partial charge in [0.25, 0.3) is 0 Å². The second kappa shape index (κ2) is 5.41. The van der Waals surface area contributed by atoms with E-state index in [1.165, 1.54) is 0 Å².